The maximum absolute atomic E-state index is 13.6. The second-order valence-electron chi connectivity index (χ2n) is 25.7. The zero-order chi connectivity index (χ0) is 62.1. The number of hydrogen-bond donors (Lipinski definition) is 2. The van der Waals surface area contributed by atoms with Gasteiger partial charge in [-0.05, 0) is 76.7 Å². The largest absolute Gasteiger partial charge is 0.472 e. The highest BCUT2D eigenvalue weighted by Gasteiger charge is 2.30. The fourth-order valence-corrected chi connectivity index (χ4v) is 11.4. The van der Waals surface area contributed by atoms with E-state index in [1.165, 1.54) is 205 Å². The second kappa shape index (κ2) is 64.4. The van der Waals surface area contributed by atoms with Gasteiger partial charge >= 0.3 is 13.8 Å². The van der Waals surface area contributed by atoms with Crippen molar-refractivity contribution in [1.82, 2.24) is 5.32 Å². The zero-order valence-corrected chi connectivity index (χ0v) is 57.7. The summed E-state index contributed by atoms with van der Waals surface area (Å²) in [5.41, 5.74) is 0. The van der Waals surface area contributed by atoms with E-state index in [-0.39, 0.29) is 25.1 Å². The molecule has 0 aliphatic rings. The van der Waals surface area contributed by atoms with Crippen molar-refractivity contribution in [2.45, 2.75) is 354 Å². The van der Waals surface area contributed by atoms with Crippen molar-refractivity contribution >= 4 is 19.7 Å². The molecule has 0 heterocycles. The summed E-state index contributed by atoms with van der Waals surface area (Å²) in [6.07, 6.45) is 84.8. The number of nitrogens with zero attached hydrogens (tertiary/aromatic N) is 1. The number of phosphoric ester groups is 1. The van der Waals surface area contributed by atoms with Gasteiger partial charge in [-0.15, -0.1) is 0 Å². The SMILES string of the molecule is CC/C=C\C/C=C\C/C=C\C/C=C\C/C=C\CCCCCCCCCCCC(=O)NC(COP(=O)(O)OCC[N+](C)(C)C)C(/C=C/CCCCCCCCCCCCC)OC(=O)CCCCCCCCCCCCCCCCCCCCCCC. The number of carbonyl (C=O) groups is 2. The lowest BCUT2D eigenvalue weighted by atomic mass is 10.0. The van der Waals surface area contributed by atoms with Crippen LogP contribution in [0.15, 0.2) is 72.9 Å². The van der Waals surface area contributed by atoms with Gasteiger partial charge in [0.25, 0.3) is 0 Å². The van der Waals surface area contributed by atoms with Crippen LogP contribution in [0.1, 0.15) is 342 Å². The van der Waals surface area contributed by atoms with Gasteiger partial charge in [-0.25, -0.2) is 4.57 Å². The summed E-state index contributed by atoms with van der Waals surface area (Å²) in [7, 11) is 1.50. The Kier molecular flexibility index (Phi) is 62.5. The van der Waals surface area contributed by atoms with Gasteiger partial charge in [0.05, 0.1) is 33.8 Å². The summed E-state index contributed by atoms with van der Waals surface area (Å²) < 4.78 is 30.9. The van der Waals surface area contributed by atoms with Crippen molar-refractivity contribution < 1.29 is 37.3 Å². The van der Waals surface area contributed by atoms with Crippen LogP contribution in [0.3, 0.4) is 0 Å². The van der Waals surface area contributed by atoms with Crippen LogP contribution in [0.2, 0.25) is 0 Å². The van der Waals surface area contributed by atoms with Crippen LogP contribution in [0.5, 0.6) is 0 Å². The first-order valence-electron chi connectivity index (χ1n) is 36.3. The molecule has 0 aliphatic carbocycles. The lowest BCUT2D eigenvalue weighted by Gasteiger charge is -2.27. The van der Waals surface area contributed by atoms with Crippen molar-refractivity contribution in [3.8, 4) is 0 Å². The summed E-state index contributed by atoms with van der Waals surface area (Å²) in [5, 5.41) is 3.07. The quantitative estimate of drug-likeness (QED) is 0.0205. The molecule has 1 amide bonds. The molecule has 0 rings (SSSR count). The Hall–Kier alpha value is -2.55. The average molecular weight is 1210 g/mol. The molecule has 2 N–H and O–H groups in total. The Labute approximate surface area is 527 Å². The van der Waals surface area contributed by atoms with Crippen molar-refractivity contribution in [2.75, 3.05) is 40.9 Å². The molecule has 0 radical (unpaired) electrons. The minimum atomic E-state index is -4.46. The van der Waals surface area contributed by atoms with Crippen molar-refractivity contribution in [1.29, 1.82) is 0 Å². The molecule has 0 fully saturated rings. The van der Waals surface area contributed by atoms with E-state index in [0.717, 1.165) is 103 Å². The number of phosphoric acid groups is 1. The van der Waals surface area contributed by atoms with Gasteiger partial charge in [-0.3, -0.25) is 18.6 Å². The first-order valence-corrected chi connectivity index (χ1v) is 37.8. The predicted molar refractivity (Wildman–Crippen MR) is 369 cm³/mol. The van der Waals surface area contributed by atoms with Gasteiger partial charge in [0.15, 0.2) is 0 Å². The van der Waals surface area contributed by atoms with E-state index in [0.29, 0.717) is 23.9 Å². The summed E-state index contributed by atoms with van der Waals surface area (Å²) >= 11 is 0. The van der Waals surface area contributed by atoms with Crippen LogP contribution in [0, 0.1) is 0 Å². The molecule has 3 atom stereocenters. The van der Waals surface area contributed by atoms with Crippen LogP contribution >= 0.6 is 7.82 Å². The third-order valence-electron chi connectivity index (χ3n) is 16.2. The Bertz CT molecular complexity index is 1680. The molecule has 9 nitrogen and oxygen atoms in total. The van der Waals surface area contributed by atoms with Crippen molar-refractivity contribution in [3.63, 3.8) is 0 Å². The van der Waals surface area contributed by atoms with Crippen LogP contribution in [-0.4, -0.2) is 74.3 Å². The van der Waals surface area contributed by atoms with Gasteiger partial charge in [0.2, 0.25) is 5.91 Å². The lowest BCUT2D eigenvalue weighted by Crippen LogP contribution is -2.47. The van der Waals surface area contributed by atoms with Gasteiger partial charge in [-0.1, -0.05) is 325 Å². The number of ether oxygens (including phenoxy) is 1. The van der Waals surface area contributed by atoms with Gasteiger partial charge in [0, 0.05) is 12.8 Å². The van der Waals surface area contributed by atoms with Gasteiger partial charge < -0.3 is 19.4 Å². The third-order valence-corrected chi connectivity index (χ3v) is 17.1. The average Bonchev–Trinajstić information content (AvgIpc) is 3.64. The van der Waals surface area contributed by atoms with E-state index in [4.69, 9.17) is 13.8 Å². The van der Waals surface area contributed by atoms with Crippen LogP contribution < -0.4 is 5.32 Å². The van der Waals surface area contributed by atoms with Crippen molar-refractivity contribution in [3.05, 3.63) is 72.9 Å². The van der Waals surface area contributed by atoms with Crippen LogP contribution in [0.25, 0.3) is 0 Å². The number of unbranched alkanes of at least 4 members (excludes halogenated alkanes) is 40. The number of allylic oxidation sites excluding steroid dienone is 11. The Morgan fingerprint density at radius 2 is 0.753 bits per heavy atom. The van der Waals surface area contributed by atoms with Gasteiger partial charge in [0.1, 0.15) is 19.3 Å². The third kappa shape index (κ3) is 65.7. The number of esters is 1. The number of amides is 1. The highest BCUT2D eigenvalue weighted by molar-refractivity contribution is 7.47. The molecule has 10 heteroatoms. The molecule has 0 aromatic heterocycles. The molecule has 0 aliphatic heterocycles. The van der Waals surface area contributed by atoms with E-state index < -0.39 is 20.0 Å². The topological polar surface area (TPSA) is 111 Å². The summed E-state index contributed by atoms with van der Waals surface area (Å²) in [5.74, 6) is -0.498. The minimum absolute atomic E-state index is 0.0386. The first kappa shape index (κ1) is 82.5. The molecule has 0 aromatic carbocycles. The second-order valence-corrected chi connectivity index (χ2v) is 27.2. The highest BCUT2D eigenvalue weighted by atomic mass is 31.2. The van der Waals surface area contributed by atoms with Crippen LogP contribution in [-0.2, 0) is 27.9 Å². The molecule has 85 heavy (non-hydrogen) atoms. The van der Waals surface area contributed by atoms with E-state index in [1.807, 2.05) is 33.3 Å². The monoisotopic (exact) mass is 1210 g/mol. The van der Waals surface area contributed by atoms with E-state index >= 15 is 0 Å². The maximum Gasteiger partial charge on any atom is 0.472 e. The molecule has 3 unspecified atom stereocenters. The predicted octanol–water partition coefficient (Wildman–Crippen LogP) is 23.1. The Morgan fingerprint density at radius 3 is 1.13 bits per heavy atom. The number of nitrogens with one attached hydrogen (secondary N) is 1. The fourth-order valence-electron chi connectivity index (χ4n) is 10.6. The zero-order valence-electron chi connectivity index (χ0n) is 56.9. The number of rotatable bonds is 66. The highest BCUT2D eigenvalue weighted by Crippen LogP contribution is 2.43. The van der Waals surface area contributed by atoms with E-state index in [1.54, 1.807) is 0 Å². The fraction of sp³-hybridized carbons (Fsp3) is 0.813. The molecule has 0 saturated heterocycles. The number of likely N-dealkylation sites (N-methyl/N-ethyl adjacent to an activating group) is 1. The smallest absolute Gasteiger partial charge is 0.456 e. The van der Waals surface area contributed by atoms with Crippen molar-refractivity contribution in [2.24, 2.45) is 0 Å². The van der Waals surface area contributed by atoms with E-state index in [2.05, 4.69) is 86.8 Å². The summed E-state index contributed by atoms with van der Waals surface area (Å²) in [6, 6.07) is -0.854. The molecule has 0 aromatic rings. The van der Waals surface area contributed by atoms with E-state index in [9.17, 15) is 19.0 Å². The normalized spacial score (nSPS) is 13.9. The molecule has 496 valence electrons. The standard InChI is InChI=1S/C75H139N2O7P/c1-7-10-13-16-19-22-25-28-30-32-34-36-37-38-39-41-42-44-46-49-52-55-58-61-64-67-74(78)76-72(71-83-85(80,81)82-70-69-77(4,5)6)73(66-63-60-57-54-51-48-27-24-21-18-15-12-9-3)84-75(79)68-65-62-59-56-53-50-47-45-43-40-35-33-31-29-26-23-20-17-14-11-8-2/h10,13,19,22,28,30,34,36,38-39,63,66,72-73H,7-9,11-12,14-18,20-21,23-27,29,31-33,35,37,40-62,64-65,67-71H2,1-6H3,(H-,76,78,80,81)/p+1/b13-10-,22-19-,30-28-,36-34-,39-38-,66-63+. The number of quaternary nitrogens is 1. The molecule has 0 spiro atoms. The maximum atomic E-state index is 13.6. The Morgan fingerprint density at radius 1 is 0.424 bits per heavy atom. The summed E-state index contributed by atoms with van der Waals surface area (Å²) in [4.78, 5) is 37.9. The first-order chi connectivity index (χ1) is 41.4. The molecular weight excluding hydrogens is 1070 g/mol. The van der Waals surface area contributed by atoms with Crippen LogP contribution in [0.4, 0.5) is 0 Å². The number of hydrogen-bond acceptors (Lipinski definition) is 6. The van der Waals surface area contributed by atoms with Gasteiger partial charge in [-0.2, -0.15) is 0 Å². The molecular formula is C75H140N2O7P+. The Balaban J connectivity index is 5.09. The lowest BCUT2D eigenvalue weighted by molar-refractivity contribution is -0.870. The molecule has 0 bridgehead atoms. The summed E-state index contributed by atoms with van der Waals surface area (Å²) in [6.45, 7) is 6.94. The molecule has 0 saturated carbocycles. The minimum Gasteiger partial charge on any atom is -0.456 e. The number of carbonyl (C=O) groups excluding carboxylic acids is 2.